The van der Waals surface area contributed by atoms with Crippen molar-refractivity contribution in [3.8, 4) is 0 Å². The van der Waals surface area contributed by atoms with Crippen LogP contribution in [0.2, 0.25) is 0 Å². The molecule has 0 aliphatic carbocycles. The van der Waals surface area contributed by atoms with E-state index >= 15 is 0 Å². The molecule has 0 atom stereocenters. The third kappa shape index (κ3) is 3.49. The highest BCUT2D eigenvalue weighted by atomic mass is 16.7. The Morgan fingerprint density at radius 1 is 1.39 bits per heavy atom. The molecule has 2 rings (SSSR count). The number of nitrogens with one attached hydrogen (secondary N) is 2. The minimum Gasteiger partial charge on any atom is -0.281 e. The number of fused-ring (bicyclic) bond motifs is 1. The van der Waals surface area contributed by atoms with Crippen molar-refractivity contribution >= 4 is 10.9 Å². The number of aryl methyl sites for hydroxylation is 1. The predicted octanol–water partition coefficient (Wildman–Crippen LogP) is 1.29. The number of nitrogens with zero attached hydrogens (tertiary/aromatic N) is 3. The van der Waals surface area contributed by atoms with Crippen LogP contribution in [0.15, 0.2) is 18.5 Å². The van der Waals surface area contributed by atoms with Gasteiger partial charge in [0.2, 0.25) is 0 Å². The Labute approximate surface area is 106 Å². The van der Waals surface area contributed by atoms with Crippen molar-refractivity contribution in [1.29, 1.82) is 0 Å². The van der Waals surface area contributed by atoms with E-state index in [0.29, 0.717) is 6.54 Å². The van der Waals surface area contributed by atoms with Crippen molar-refractivity contribution in [3.63, 3.8) is 0 Å². The first-order chi connectivity index (χ1) is 8.44. The van der Waals surface area contributed by atoms with E-state index in [1.807, 2.05) is 40.1 Å². The highest BCUT2D eigenvalue weighted by Gasteiger charge is 2.09. The number of hydrogen-bond donors (Lipinski definition) is 2. The van der Waals surface area contributed by atoms with Crippen molar-refractivity contribution < 1.29 is 4.84 Å². The fraction of sp³-hybridized carbons (Fsp3) is 0.500. The molecule has 0 fully saturated rings. The number of rotatable bonds is 4. The van der Waals surface area contributed by atoms with Crippen molar-refractivity contribution in [2.45, 2.75) is 32.9 Å². The monoisotopic (exact) mass is 249 g/mol. The number of pyridine rings is 1. The maximum absolute atomic E-state index is 5.34. The smallest absolute Gasteiger partial charge is 0.111 e. The minimum absolute atomic E-state index is 0.228. The summed E-state index contributed by atoms with van der Waals surface area (Å²) in [5.41, 5.74) is 7.29. The second kappa shape index (κ2) is 5.01. The molecule has 2 aromatic rings. The maximum atomic E-state index is 5.34. The van der Waals surface area contributed by atoms with Crippen LogP contribution in [-0.4, -0.2) is 20.4 Å². The molecule has 0 aliphatic heterocycles. The van der Waals surface area contributed by atoms with Gasteiger partial charge >= 0.3 is 0 Å². The molecule has 6 heteroatoms. The van der Waals surface area contributed by atoms with Crippen molar-refractivity contribution in [1.82, 2.24) is 25.8 Å². The molecule has 2 heterocycles. The highest BCUT2D eigenvalue weighted by molar-refractivity contribution is 5.77. The summed E-state index contributed by atoms with van der Waals surface area (Å²) in [7, 11) is 1.90. The topological polar surface area (TPSA) is 64.0 Å². The molecule has 0 aromatic carbocycles. The molecule has 0 radical (unpaired) electrons. The molecule has 0 spiro atoms. The second-order valence-corrected chi connectivity index (χ2v) is 5.21. The van der Waals surface area contributed by atoms with Crippen LogP contribution in [0.25, 0.3) is 10.9 Å². The van der Waals surface area contributed by atoms with Gasteiger partial charge < -0.3 is 0 Å². The Kier molecular flexibility index (Phi) is 3.60. The molecule has 0 saturated heterocycles. The van der Waals surface area contributed by atoms with Gasteiger partial charge in [-0.3, -0.25) is 14.5 Å². The molecule has 0 aliphatic rings. The maximum Gasteiger partial charge on any atom is 0.111 e. The number of hydrogen-bond acceptors (Lipinski definition) is 5. The number of hydrazine groups is 1. The van der Waals surface area contributed by atoms with E-state index < -0.39 is 0 Å². The van der Waals surface area contributed by atoms with E-state index in [0.717, 1.165) is 16.6 Å². The van der Waals surface area contributed by atoms with E-state index in [-0.39, 0.29) is 5.60 Å². The fourth-order valence-electron chi connectivity index (χ4n) is 1.51. The lowest BCUT2D eigenvalue weighted by atomic mass is 10.2. The van der Waals surface area contributed by atoms with Crippen LogP contribution in [0.4, 0.5) is 0 Å². The van der Waals surface area contributed by atoms with Gasteiger partial charge in [-0.25, -0.2) is 5.43 Å². The highest BCUT2D eigenvalue weighted by Crippen LogP contribution is 2.11. The lowest BCUT2D eigenvalue weighted by Crippen LogP contribution is -2.38. The van der Waals surface area contributed by atoms with Gasteiger partial charge in [0, 0.05) is 18.6 Å². The molecule has 2 N–H and O–H groups in total. The normalized spacial score (nSPS) is 12.2. The van der Waals surface area contributed by atoms with Gasteiger partial charge in [0.05, 0.1) is 24.0 Å². The van der Waals surface area contributed by atoms with E-state index in [1.54, 1.807) is 10.9 Å². The molecule has 98 valence electrons. The van der Waals surface area contributed by atoms with Crippen molar-refractivity contribution in [3.05, 3.63) is 24.2 Å². The van der Waals surface area contributed by atoms with Crippen LogP contribution in [0.3, 0.4) is 0 Å². The number of aromatic nitrogens is 3. The zero-order chi connectivity index (χ0) is 13.2. The summed E-state index contributed by atoms with van der Waals surface area (Å²) < 4.78 is 1.78. The fourth-order valence-corrected chi connectivity index (χ4v) is 1.51. The molecule has 0 amide bonds. The zero-order valence-corrected chi connectivity index (χ0v) is 11.2. The van der Waals surface area contributed by atoms with Crippen LogP contribution >= 0.6 is 0 Å². The summed E-state index contributed by atoms with van der Waals surface area (Å²) >= 11 is 0. The summed E-state index contributed by atoms with van der Waals surface area (Å²) in [5.74, 6) is 0. The first-order valence-corrected chi connectivity index (χ1v) is 5.88. The van der Waals surface area contributed by atoms with Crippen LogP contribution < -0.4 is 11.0 Å². The third-order valence-electron chi connectivity index (χ3n) is 2.26. The summed E-state index contributed by atoms with van der Waals surface area (Å²) in [4.78, 5) is 9.66. The van der Waals surface area contributed by atoms with E-state index in [9.17, 15) is 0 Å². The predicted molar refractivity (Wildman–Crippen MR) is 69.3 cm³/mol. The molecular weight excluding hydrogens is 230 g/mol. The minimum atomic E-state index is -0.228. The molecule has 6 nitrogen and oxygen atoms in total. The standard InChI is InChI=1S/C12H19N5O/c1-12(2,3)18-16-14-6-10-5-9-8-17(4)15-11(9)7-13-10/h5,7-8,14,16H,6H2,1-4H3. The van der Waals surface area contributed by atoms with Crippen molar-refractivity contribution in [2.24, 2.45) is 7.05 Å². The van der Waals surface area contributed by atoms with Gasteiger partial charge in [-0.1, -0.05) is 0 Å². The Bertz CT molecular complexity index is 529. The van der Waals surface area contributed by atoms with Gasteiger partial charge in [0.25, 0.3) is 0 Å². The van der Waals surface area contributed by atoms with Gasteiger partial charge in [0.1, 0.15) is 5.52 Å². The molecular formula is C12H19N5O. The van der Waals surface area contributed by atoms with Crippen LogP contribution in [-0.2, 0) is 18.4 Å². The van der Waals surface area contributed by atoms with Gasteiger partial charge in [-0.05, 0) is 26.8 Å². The Hall–Kier alpha value is -1.50. The molecule has 0 unspecified atom stereocenters. The van der Waals surface area contributed by atoms with E-state index in [4.69, 9.17) is 4.84 Å². The Morgan fingerprint density at radius 2 is 2.17 bits per heavy atom. The Morgan fingerprint density at radius 3 is 2.89 bits per heavy atom. The SMILES string of the molecule is Cn1cc2cc(CNNOC(C)(C)C)ncc2n1. The van der Waals surface area contributed by atoms with Gasteiger partial charge in [-0.15, -0.1) is 5.59 Å². The quantitative estimate of drug-likeness (QED) is 0.631. The van der Waals surface area contributed by atoms with Crippen molar-refractivity contribution in [2.75, 3.05) is 0 Å². The largest absolute Gasteiger partial charge is 0.281 e. The zero-order valence-electron chi connectivity index (χ0n) is 11.2. The van der Waals surface area contributed by atoms with Crippen LogP contribution in [0.1, 0.15) is 26.5 Å². The average molecular weight is 249 g/mol. The molecule has 18 heavy (non-hydrogen) atoms. The summed E-state index contributed by atoms with van der Waals surface area (Å²) in [6.07, 6.45) is 3.75. The van der Waals surface area contributed by atoms with E-state index in [1.165, 1.54) is 0 Å². The van der Waals surface area contributed by atoms with Gasteiger partial charge in [-0.2, -0.15) is 5.10 Å². The molecule has 2 aromatic heterocycles. The van der Waals surface area contributed by atoms with Crippen LogP contribution in [0, 0.1) is 0 Å². The lowest BCUT2D eigenvalue weighted by Gasteiger charge is -2.19. The first-order valence-electron chi connectivity index (χ1n) is 5.88. The van der Waals surface area contributed by atoms with Gasteiger partial charge in [0.15, 0.2) is 0 Å². The average Bonchev–Trinajstić information content (AvgIpc) is 2.62. The van der Waals surface area contributed by atoms with E-state index in [2.05, 4.69) is 21.1 Å². The third-order valence-corrected chi connectivity index (χ3v) is 2.26. The first kappa shape index (κ1) is 12.9. The lowest BCUT2D eigenvalue weighted by molar-refractivity contribution is -0.0937. The summed E-state index contributed by atoms with van der Waals surface area (Å²) in [6.45, 7) is 6.51. The summed E-state index contributed by atoms with van der Waals surface area (Å²) in [5, 5.41) is 5.36. The molecule has 0 bridgehead atoms. The summed E-state index contributed by atoms with van der Waals surface area (Å²) in [6, 6.07) is 2.01. The van der Waals surface area contributed by atoms with Crippen LogP contribution in [0.5, 0.6) is 0 Å². The second-order valence-electron chi connectivity index (χ2n) is 5.21. The Balaban J connectivity index is 1.91. The molecule has 0 saturated carbocycles.